The number of nitrogens with one attached hydrogen (secondary N) is 1. The third-order valence-corrected chi connectivity index (χ3v) is 3.95. The molecule has 0 saturated carbocycles. The number of methoxy groups -OCH3 is 1. The van der Waals surface area contributed by atoms with Crippen molar-refractivity contribution in [1.82, 2.24) is 9.97 Å². The summed E-state index contributed by atoms with van der Waals surface area (Å²) in [6.45, 7) is 2.10. The van der Waals surface area contributed by atoms with Gasteiger partial charge in [-0.05, 0) is 41.1 Å². The zero-order valence-corrected chi connectivity index (χ0v) is 13.4. The smallest absolute Gasteiger partial charge is 0.161 e. The summed E-state index contributed by atoms with van der Waals surface area (Å²) in [6, 6.07) is 7.79. The van der Waals surface area contributed by atoms with Crippen LogP contribution < -0.4 is 10.1 Å². The van der Waals surface area contributed by atoms with Crippen LogP contribution in [0.15, 0.2) is 24.3 Å². The summed E-state index contributed by atoms with van der Waals surface area (Å²) in [5.41, 5.74) is 2.01. The molecule has 1 aromatic carbocycles. The van der Waals surface area contributed by atoms with E-state index in [1.165, 1.54) is 0 Å². The third kappa shape index (κ3) is 2.97. The van der Waals surface area contributed by atoms with Crippen LogP contribution in [0.5, 0.6) is 5.75 Å². The predicted octanol–water partition coefficient (Wildman–Crippen LogP) is 3.36. The molecule has 4 nitrogen and oxygen atoms in total. The van der Waals surface area contributed by atoms with Gasteiger partial charge in [0.1, 0.15) is 11.6 Å². The first-order valence-corrected chi connectivity index (χ1v) is 7.16. The average molecular weight is 369 g/mol. The van der Waals surface area contributed by atoms with Crippen molar-refractivity contribution in [1.29, 1.82) is 0 Å². The first kappa shape index (κ1) is 14.0. The van der Waals surface area contributed by atoms with E-state index in [1.807, 2.05) is 31.3 Å². The molecule has 1 aromatic heterocycles. The van der Waals surface area contributed by atoms with Crippen LogP contribution in [0.4, 0.5) is 5.82 Å². The molecule has 1 heterocycles. The number of ether oxygens (including phenoxy) is 1. The zero-order chi connectivity index (χ0) is 13.8. The molecule has 0 aliphatic carbocycles. The molecule has 0 aliphatic rings. The van der Waals surface area contributed by atoms with Crippen LogP contribution in [-0.4, -0.2) is 24.1 Å². The van der Waals surface area contributed by atoms with Crippen LogP contribution >= 0.6 is 22.6 Å². The van der Waals surface area contributed by atoms with Gasteiger partial charge in [-0.2, -0.15) is 0 Å². The minimum atomic E-state index is 0.723. The quantitative estimate of drug-likeness (QED) is 0.840. The van der Waals surface area contributed by atoms with Crippen molar-refractivity contribution in [2.45, 2.75) is 13.3 Å². The van der Waals surface area contributed by atoms with E-state index in [9.17, 15) is 0 Å². The molecule has 0 saturated heterocycles. The molecule has 19 heavy (non-hydrogen) atoms. The van der Waals surface area contributed by atoms with E-state index in [2.05, 4.69) is 44.8 Å². The summed E-state index contributed by atoms with van der Waals surface area (Å²) in [5.74, 6) is 2.40. The molecule has 2 aromatic rings. The summed E-state index contributed by atoms with van der Waals surface area (Å²) in [7, 11) is 3.53. The van der Waals surface area contributed by atoms with Gasteiger partial charge in [-0.25, -0.2) is 9.97 Å². The molecule has 2 rings (SSSR count). The number of aryl methyl sites for hydroxylation is 1. The van der Waals surface area contributed by atoms with Crippen molar-refractivity contribution < 1.29 is 4.74 Å². The van der Waals surface area contributed by atoms with Crippen LogP contribution in [-0.2, 0) is 6.42 Å². The number of hydrogen-bond acceptors (Lipinski definition) is 4. The number of anilines is 1. The Morgan fingerprint density at radius 2 is 2.11 bits per heavy atom. The minimum Gasteiger partial charge on any atom is -0.497 e. The Hall–Kier alpha value is -1.37. The minimum absolute atomic E-state index is 0.723. The van der Waals surface area contributed by atoms with Crippen molar-refractivity contribution in [3.63, 3.8) is 0 Å². The predicted molar refractivity (Wildman–Crippen MR) is 85.7 cm³/mol. The maximum Gasteiger partial charge on any atom is 0.161 e. The Morgan fingerprint density at radius 1 is 1.32 bits per heavy atom. The second-order valence-electron chi connectivity index (χ2n) is 3.99. The molecule has 0 radical (unpaired) electrons. The van der Waals surface area contributed by atoms with E-state index in [0.717, 1.165) is 38.6 Å². The SMILES string of the molecule is CCc1nc(-c2cccc(OC)c2)nc(NC)c1I. The Kier molecular flexibility index (Phi) is 4.57. The lowest BCUT2D eigenvalue weighted by molar-refractivity contribution is 0.415. The van der Waals surface area contributed by atoms with Crippen molar-refractivity contribution in [3.8, 4) is 17.1 Å². The third-order valence-electron chi connectivity index (χ3n) is 2.82. The topological polar surface area (TPSA) is 47.0 Å². The number of nitrogens with zero attached hydrogens (tertiary/aromatic N) is 2. The van der Waals surface area contributed by atoms with Crippen molar-refractivity contribution in [2.24, 2.45) is 0 Å². The first-order chi connectivity index (χ1) is 9.19. The van der Waals surface area contributed by atoms with Gasteiger partial charge in [0.25, 0.3) is 0 Å². The molecule has 0 unspecified atom stereocenters. The molecule has 1 N–H and O–H groups in total. The van der Waals surface area contributed by atoms with Crippen molar-refractivity contribution in [3.05, 3.63) is 33.5 Å². The van der Waals surface area contributed by atoms with Gasteiger partial charge in [-0.3, -0.25) is 0 Å². The summed E-state index contributed by atoms with van der Waals surface area (Å²) < 4.78 is 6.32. The fourth-order valence-electron chi connectivity index (χ4n) is 1.78. The lowest BCUT2D eigenvalue weighted by atomic mass is 10.2. The lowest BCUT2D eigenvalue weighted by Crippen LogP contribution is -2.04. The Bertz CT molecular complexity index is 562. The maximum absolute atomic E-state index is 5.24. The summed E-state index contributed by atoms with van der Waals surface area (Å²) >= 11 is 2.28. The highest BCUT2D eigenvalue weighted by Crippen LogP contribution is 2.26. The largest absolute Gasteiger partial charge is 0.497 e. The van der Waals surface area contributed by atoms with E-state index in [1.54, 1.807) is 7.11 Å². The van der Waals surface area contributed by atoms with E-state index in [4.69, 9.17) is 4.74 Å². The van der Waals surface area contributed by atoms with Crippen molar-refractivity contribution in [2.75, 3.05) is 19.5 Å². The summed E-state index contributed by atoms with van der Waals surface area (Å²) in [4.78, 5) is 9.19. The normalized spacial score (nSPS) is 10.3. The van der Waals surface area contributed by atoms with Gasteiger partial charge in [0.15, 0.2) is 5.82 Å². The van der Waals surface area contributed by atoms with Crippen LogP contribution in [0, 0.1) is 3.57 Å². The second kappa shape index (κ2) is 6.18. The molecule has 0 fully saturated rings. The summed E-state index contributed by atoms with van der Waals surface area (Å²) in [6.07, 6.45) is 0.881. The molecule has 5 heteroatoms. The number of aromatic nitrogens is 2. The Labute approximate surface area is 126 Å². The molecule has 100 valence electrons. The van der Waals surface area contributed by atoms with Crippen molar-refractivity contribution >= 4 is 28.4 Å². The van der Waals surface area contributed by atoms with Gasteiger partial charge < -0.3 is 10.1 Å². The highest BCUT2D eigenvalue weighted by atomic mass is 127. The van der Waals surface area contributed by atoms with Gasteiger partial charge in [-0.1, -0.05) is 19.1 Å². The number of rotatable bonds is 4. The zero-order valence-electron chi connectivity index (χ0n) is 11.2. The first-order valence-electron chi connectivity index (χ1n) is 6.08. The second-order valence-corrected chi connectivity index (χ2v) is 5.07. The molecular formula is C14H16IN3O. The molecule has 0 spiro atoms. The highest BCUT2D eigenvalue weighted by Gasteiger charge is 2.11. The number of benzene rings is 1. The Balaban J connectivity index is 2.55. The van der Waals surface area contributed by atoms with Gasteiger partial charge in [0.05, 0.1) is 16.4 Å². The molecule has 0 bridgehead atoms. The van der Waals surface area contributed by atoms with Gasteiger partial charge in [-0.15, -0.1) is 0 Å². The monoisotopic (exact) mass is 369 g/mol. The fourth-order valence-corrected chi connectivity index (χ4v) is 2.68. The average Bonchev–Trinajstić information content (AvgIpc) is 2.47. The van der Waals surface area contributed by atoms with E-state index >= 15 is 0 Å². The maximum atomic E-state index is 5.24. The van der Waals surface area contributed by atoms with E-state index < -0.39 is 0 Å². The Morgan fingerprint density at radius 3 is 2.74 bits per heavy atom. The van der Waals surface area contributed by atoms with Gasteiger partial charge >= 0.3 is 0 Å². The van der Waals surface area contributed by atoms with Crippen LogP contribution in [0.25, 0.3) is 11.4 Å². The standard InChI is InChI=1S/C14H16IN3O/c1-4-11-12(15)14(16-2)18-13(17-11)9-6-5-7-10(8-9)19-3/h5-8H,4H2,1-3H3,(H,16,17,18). The fraction of sp³-hybridized carbons (Fsp3) is 0.286. The molecule has 0 atom stereocenters. The number of hydrogen-bond donors (Lipinski definition) is 1. The van der Waals surface area contributed by atoms with Gasteiger partial charge in [0.2, 0.25) is 0 Å². The molecule has 0 amide bonds. The van der Waals surface area contributed by atoms with Crippen LogP contribution in [0.3, 0.4) is 0 Å². The highest BCUT2D eigenvalue weighted by molar-refractivity contribution is 14.1. The summed E-state index contributed by atoms with van der Waals surface area (Å²) in [5, 5.41) is 3.12. The molecular weight excluding hydrogens is 353 g/mol. The van der Waals surface area contributed by atoms with E-state index in [-0.39, 0.29) is 0 Å². The van der Waals surface area contributed by atoms with E-state index in [0.29, 0.717) is 0 Å². The molecule has 0 aliphatic heterocycles. The van der Waals surface area contributed by atoms with Gasteiger partial charge in [0, 0.05) is 12.6 Å². The van der Waals surface area contributed by atoms with Crippen LogP contribution in [0.2, 0.25) is 0 Å². The van der Waals surface area contributed by atoms with Crippen LogP contribution in [0.1, 0.15) is 12.6 Å². The number of halogens is 1. The lowest BCUT2D eigenvalue weighted by Gasteiger charge is -2.10.